The van der Waals surface area contributed by atoms with Crippen LogP contribution in [0.5, 0.6) is 0 Å². The molecule has 1 aromatic heterocycles. The molecule has 2 aromatic rings. The molecule has 2 rings (SSSR count). The summed E-state index contributed by atoms with van der Waals surface area (Å²) in [6.45, 7) is 2.94. The highest BCUT2D eigenvalue weighted by Gasteiger charge is 2.19. The number of hydrogen-bond donors (Lipinski definition) is 2. The zero-order valence-electron chi connectivity index (χ0n) is 11.5. The summed E-state index contributed by atoms with van der Waals surface area (Å²) >= 11 is 1.61. The van der Waals surface area contributed by atoms with Gasteiger partial charge in [-0.1, -0.05) is 37.3 Å². The average Bonchev–Trinajstić information content (AvgIpc) is 3.01. The van der Waals surface area contributed by atoms with Crippen molar-refractivity contribution in [1.82, 2.24) is 10.3 Å². The van der Waals surface area contributed by atoms with Crippen LogP contribution < -0.4 is 11.1 Å². The Morgan fingerprint density at radius 3 is 2.75 bits per heavy atom. The maximum absolute atomic E-state index is 12.2. The van der Waals surface area contributed by atoms with E-state index in [1.54, 1.807) is 17.5 Å². The van der Waals surface area contributed by atoms with Crippen LogP contribution in [0.2, 0.25) is 0 Å². The van der Waals surface area contributed by atoms with Crippen LogP contribution in [0.1, 0.15) is 29.3 Å². The van der Waals surface area contributed by atoms with Crippen LogP contribution >= 0.6 is 11.3 Å². The largest absolute Gasteiger partial charge is 0.355 e. The van der Waals surface area contributed by atoms with Crippen molar-refractivity contribution >= 4 is 17.2 Å². The number of amides is 1. The van der Waals surface area contributed by atoms with E-state index in [-0.39, 0.29) is 17.7 Å². The molecule has 0 bridgehead atoms. The van der Waals surface area contributed by atoms with Crippen LogP contribution in [0.25, 0.3) is 0 Å². The van der Waals surface area contributed by atoms with Crippen LogP contribution in [0.3, 0.4) is 0 Å². The fourth-order valence-electron chi connectivity index (χ4n) is 2.02. The Hall–Kier alpha value is -1.72. The molecule has 0 saturated carbocycles. The Labute approximate surface area is 123 Å². The molecule has 5 heteroatoms. The van der Waals surface area contributed by atoms with Gasteiger partial charge in [-0.25, -0.2) is 4.98 Å². The Balaban J connectivity index is 1.93. The molecule has 0 saturated heterocycles. The highest BCUT2D eigenvalue weighted by atomic mass is 32.1. The van der Waals surface area contributed by atoms with Crippen LogP contribution in [-0.2, 0) is 4.79 Å². The second-order valence-corrected chi connectivity index (χ2v) is 5.64. The third-order valence-electron chi connectivity index (χ3n) is 3.21. The molecule has 106 valence electrons. The van der Waals surface area contributed by atoms with E-state index < -0.39 is 0 Å². The minimum atomic E-state index is -0.292. The summed E-state index contributed by atoms with van der Waals surface area (Å²) in [6, 6.07) is 9.63. The van der Waals surface area contributed by atoms with E-state index in [0.29, 0.717) is 13.1 Å². The normalized spacial score (nSPS) is 13.7. The van der Waals surface area contributed by atoms with Crippen molar-refractivity contribution in [3.63, 3.8) is 0 Å². The summed E-state index contributed by atoms with van der Waals surface area (Å²) in [5.74, 6) is -0.102. The Bertz CT molecular complexity index is 527. The fourth-order valence-corrected chi connectivity index (χ4v) is 2.72. The standard InChI is InChI=1S/C15H19N3OS/c1-11(15-17-7-8-20-15)10-18-14(19)13(9-16)12-5-3-2-4-6-12/h2-8,11,13H,9-10,16H2,1H3,(H,18,19). The van der Waals surface area contributed by atoms with Crippen LogP contribution in [0.4, 0.5) is 0 Å². The number of benzene rings is 1. The van der Waals surface area contributed by atoms with E-state index in [1.165, 1.54) is 0 Å². The summed E-state index contributed by atoms with van der Waals surface area (Å²) < 4.78 is 0. The van der Waals surface area contributed by atoms with Gasteiger partial charge in [-0.2, -0.15) is 0 Å². The predicted molar refractivity (Wildman–Crippen MR) is 81.8 cm³/mol. The maximum Gasteiger partial charge on any atom is 0.228 e. The van der Waals surface area contributed by atoms with Gasteiger partial charge >= 0.3 is 0 Å². The van der Waals surface area contributed by atoms with Crippen molar-refractivity contribution in [2.45, 2.75) is 18.8 Å². The van der Waals surface area contributed by atoms with Crippen molar-refractivity contribution < 1.29 is 4.79 Å². The number of carbonyl (C=O) groups is 1. The number of nitrogens with one attached hydrogen (secondary N) is 1. The van der Waals surface area contributed by atoms with E-state index in [2.05, 4.69) is 17.2 Å². The van der Waals surface area contributed by atoms with Crippen LogP contribution in [0, 0.1) is 0 Å². The molecule has 0 aliphatic rings. The lowest BCUT2D eigenvalue weighted by atomic mass is 9.98. The van der Waals surface area contributed by atoms with Gasteiger partial charge in [0.15, 0.2) is 0 Å². The molecule has 0 radical (unpaired) electrons. The molecule has 20 heavy (non-hydrogen) atoms. The Morgan fingerprint density at radius 1 is 1.40 bits per heavy atom. The Kier molecular flexibility index (Phi) is 5.26. The highest BCUT2D eigenvalue weighted by Crippen LogP contribution is 2.18. The monoisotopic (exact) mass is 289 g/mol. The topological polar surface area (TPSA) is 68.0 Å². The van der Waals surface area contributed by atoms with Gasteiger partial charge in [-0.05, 0) is 5.56 Å². The number of carbonyl (C=O) groups excluding carboxylic acids is 1. The van der Waals surface area contributed by atoms with Gasteiger partial charge in [0, 0.05) is 30.6 Å². The molecular formula is C15H19N3OS. The Morgan fingerprint density at radius 2 is 2.15 bits per heavy atom. The maximum atomic E-state index is 12.2. The van der Waals surface area contributed by atoms with Gasteiger partial charge in [0.25, 0.3) is 0 Å². The molecule has 2 atom stereocenters. The summed E-state index contributed by atoms with van der Waals surface area (Å²) in [6.07, 6.45) is 1.78. The minimum Gasteiger partial charge on any atom is -0.355 e. The first-order valence-corrected chi connectivity index (χ1v) is 7.52. The van der Waals surface area contributed by atoms with E-state index in [1.807, 2.05) is 35.7 Å². The lowest BCUT2D eigenvalue weighted by Gasteiger charge is -2.17. The van der Waals surface area contributed by atoms with Crippen molar-refractivity contribution in [2.75, 3.05) is 13.1 Å². The number of rotatable bonds is 6. The number of nitrogens with zero attached hydrogens (tertiary/aromatic N) is 1. The van der Waals surface area contributed by atoms with Gasteiger partial charge in [0.1, 0.15) is 0 Å². The first-order valence-electron chi connectivity index (χ1n) is 6.64. The second kappa shape index (κ2) is 7.17. The van der Waals surface area contributed by atoms with Gasteiger partial charge < -0.3 is 11.1 Å². The first kappa shape index (κ1) is 14.7. The number of thiazole rings is 1. The van der Waals surface area contributed by atoms with Crippen LogP contribution in [0.15, 0.2) is 41.9 Å². The van der Waals surface area contributed by atoms with Gasteiger partial charge in [-0.3, -0.25) is 4.79 Å². The molecule has 1 amide bonds. The molecule has 2 unspecified atom stereocenters. The van der Waals surface area contributed by atoms with E-state index in [9.17, 15) is 4.79 Å². The summed E-state index contributed by atoms with van der Waals surface area (Å²) in [5, 5.41) is 5.95. The van der Waals surface area contributed by atoms with Crippen molar-refractivity contribution in [2.24, 2.45) is 5.73 Å². The predicted octanol–water partition coefficient (Wildman–Crippen LogP) is 2.11. The van der Waals surface area contributed by atoms with Gasteiger partial charge in [0.05, 0.1) is 10.9 Å². The van der Waals surface area contributed by atoms with Gasteiger partial charge in [-0.15, -0.1) is 11.3 Å². The first-order chi connectivity index (χ1) is 9.72. The summed E-state index contributed by atoms with van der Waals surface area (Å²) in [5.41, 5.74) is 6.69. The number of hydrogen-bond acceptors (Lipinski definition) is 4. The molecule has 0 aliphatic heterocycles. The zero-order chi connectivity index (χ0) is 14.4. The molecule has 0 aliphatic carbocycles. The summed E-state index contributed by atoms with van der Waals surface area (Å²) in [7, 11) is 0. The second-order valence-electron chi connectivity index (χ2n) is 4.72. The SMILES string of the molecule is CC(CNC(=O)C(CN)c1ccccc1)c1nccs1. The molecule has 0 fully saturated rings. The third kappa shape index (κ3) is 3.65. The molecule has 1 aromatic carbocycles. The van der Waals surface area contributed by atoms with Crippen molar-refractivity contribution in [1.29, 1.82) is 0 Å². The zero-order valence-corrected chi connectivity index (χ0v) is 12.3. The van der Waals surface area contributed by atoms with Crippen LogP contribution in [-0.4, -0.2) is 24.0 Å². The van der Waals surface area contributed by atoms with Gasteiger partial charge in [0.2, 0.25) is 5.91 Å². The highest BCUT2D eigenvalue weighted by molar-refractivity contribution is 7.09. The van der Waals surface area contributed by atoms with E-state index >= 15 is 0 Å². The molecule has 0 spiro atoms. The summed E-state index contributed by atoms with van der Waals surface area (Å²) in [4.78, 5) is 16.5. The molecule has 1 heterocycles. The van der Waals surface area contributed by atoms with E-state index in [0.717, 1.165) is 10.6 Å². The third-order valence-corrected chi connectivity index (χ3v) is 4.22. The quantitative estimate of drug-likeness (QED) is 0.856. The van der Waals surface area contributed by atoms with Crippen molar-refractivity contribution in [3.05, 3.63) is 52.5 Å². The number of nitrogens with two attached hydrogens (primary N) is 1. The number of aromatic nitrogens is 1. The van der Waals surface area contributed by atoms with E-state index in [4.69, 9.17) is 5.73 Å². The molecular weight excluding hydrogens is 270 g/mol. The molecule has 4 nitrogen and oxygen atoms in total. The minimum absolute atomic E-state index is 0.0258. The fraction of sp³-hybridized carbons (Fsp3) is 0.333. The lowest BCUT2D eigenvalue weighted by molar-refractivity contribution is -0.122. The van der Waals surface area contributed by atoms with Crippen molar-refractivity contribution in [3.8, 4) is 0 Å². The molecule has 3 N–H and O–H groups in total. The average molecular weight is 289 g/mol. The smallest absolute Gasteiger partial charge is 0.228 e. The lowest BCUT2D eigenvalue weighted by Crippen LogP contribution is -2.35.